The van der Waals surface area contributed by atoms with Gasteiger partial charge in [-0.2, -0.15) is 0 Å². The Morgan fingerprint density at radius 2 is 1.90 bits per heavy atom. The molecule has 0 saturated heterocycles. The van der Waals surface area contributed by atoms with Crippen LogP contribution in [0, 0.1) is 11.7 Å². The molecule has 0 amide bonds. The fourth-order valence-corrected chi connectivity index (χ4v) is 4.36. The maximum Gasteiger partial charge on any atom is 0.243 e. The highest BCUT2D eigenvalue weighted by atomic mass is 79.9. The molecule has 1 saturated carbocycles. The van der Waals surface area contributed by atoms with Crippen LogP contribution in [0.4, 0.5) is 4.39 Å². The van der Waals surface area contributed by atoms with E-state index >= 15 is 0 Å². The molecule has 3 nitrogen and oxygen atoms in total. The molecule has 1 N–H and O–H groups in total. The molecule has 0 aliphatic heterocycles. The summed E-state index contributed by atoms with van der Waals surface area (Å²) in [5.41, 5.74) is 0. The van der Waals surface area contributed by atoms with Crippen LogP contribution in [-0.4, -0.2) is 19.8 Å². The van der Waals surface area contributed by atoms with Gasteiger partial charge < -0.3 is 0 Å². The molecule has 1 aliphatic rings. The normalized spacial score (nSPS) is 23.8. The van der Waals surface area contributed by atoms with Crippen molar-refractivity contribution in [2.75, 3.05) is 6.54 Å². The second-order valence-electron chi connectivity index (χ2n) is 5.04. The minimum absolute atomic E-state index is 0.296. The molecule has 0 aromatic heterocycles. The van der Waals surface area contributed by atoms with E-state index in [-0.39, 0.29) is 4.90 Å². The maximum absolute atomic E-state index is 13.7. The van der Waals surface area contributed by atoms with E-state index in [9.17, 15) is 12.8 Å². The van der Waals surface area contributed by atoms with Gasteiger partial charge in [-0.15, -0.1) is 0 Å². The Hall–Kier alpha value is 0.0200. The van der Waals surface area contributed by atoms with Crippen molar-refractivity contribution in [2.45, 2.75) is 35.4 Å². The summed E-state index contributed by atoms with van der Waals surface area (Å²) in [5.74, 6) is -0.409. The van der Waals surface area contributed by atoms with Crippen molar-refractivity contribution in [2.24, 2.45) is 5.92 Å². The Morgan fingerprint density at radius 1 is 1.25 bits per heavy atom. The topological polar surface area (TPSA) is 46.2 Å². The Kier molecular flexibility index (Phi) is 5.62. The average Bonchev–Trinajstić information content (AvgIpc) is 2.37. The van der Waals surface area contributed by atoms with Crippen molar-refractivity contribution in [3.8, 4) is 0 Å². The minimum atomic E-state index is -3.78. The van der Waals surface area contributed by atoms with Crippen LogP contribution >= 0.6 is 31.9 Å². The van der Waals surface area contributed by atoms with Crippen LogP contribution in [0.5, 0.6) is 0 Å². The van der Waals surface area contributed by atoms with Crippen molar-refractivity contribution < 1.29 is 12.8 Å². The Balaban J connectivity index is 2.00. The van der Waals surface area contributed by atoms with Gasteiger partial charge in [0.1, 0.15) is 10.7 Å². The van der Waals surface area contributed by atoms with Crippen molar-refractivity contribution in [1.82, 2.24) is 4.72 Å². The van der Waals surface area contributed by atoms with E-state index in [1.807, 2.05) is 0 Å². The largest absolute Gasteiger partial charge is 0.243 e. The first-order valence-electron chi connectivity index (χ1n) is 6.47. The minimum Gasteiger partial charge on any atom is -0.211 e. The highest BCUT2D eigenvalue weighted by Crippen LogP contribution is 2.28. The molecule has 112 valence electrons. The van der Waals surface area contributed by atoms with Gasteiger partial charge in [0.25, 0.3) is 0 Å². The summed E-state index contributed by atoms with van der Waals surface area (Å²) in [6, 6.07) is 3.95. The molecule has 0 spiro atoms. The molecule has 0 radical (unpaired) electrons. The molecule has 0 atom stereocenters. The predicted octanol–water partition coefficient (Wildman–Crippen LogP) is 3.82. The molecule has 0 heterocycles. The lowest BCUT2D eigenvalue weighted by Gasteiger charge is -2.25. The molecule has 2 rings (SSSR count). The highest BCUT2D eigenvalue weighted by molar-refractivity contribution is 9.10. The second kappa shape index (κ2) is 6.85. The van der Waals surface area contributed by atoms with Gasteiger partial charge in [0, 0.05) is 15.8 Å². The number of sulfonamides is 1. The molecule has 0 unspecified atom stereocenters. The van der Waals surface area contributed by atoms with E-state index in [0.29, 0.717) is 21.8 Å². The van der Waals surface area contributed by atoms with Gasteiger partial charge in [0.15, 0.2) is 0 Å². The van der Waals surface area contributed by atoms with Gasteiger partial charge in [-0.1, -0.05) is 31.9 Å². The van der Waals surface area contributed by atoms with Crippen LogP contribution in [0.25, 0.3) is 0 Å². The second-order valence-corrected chi connectivity index (χ2v) is 8.99. The zero-order chi connectivity index (χ0) is 14.8. The van der Waals surface area contributed by atoms with Gasteiger partial charge in [0.05, 0.1) is 0 Å². The number of nitrogens with one attached hydrogen (secondary N) is 1. The fraction of sp³-hybridized carbons (Fsp3) is 0.538. The van der Waals surface area contributed by atoms with Gasteiger partial charge in [-0.25, -0.2) is 17.5 Å². The first-order valence-corrected chi connectivity index (χ1v) is 9.66. The zero-order valence-electron chi connectivity index (χ0n) is 10.8. The van der Waals surface area contributed by atoms with Gasteiger partial charge in [0.2, 0.25) is 10.0 Å². The van der Waals surface area contributed by atoms with E-state index in [1.54, 1.807) is 0 Å². The third kappa shape index (κ3) is 4.26. The van der Waals surface area contributed by atoms with E-state index in [0.717, 1.165) is 31.7 Å². The van der Waals surface area contributed by atoms with Crippen LogP contribution in [0.2, 0.25) is 0 Å². The third-order valence-electron chi connectivity index (χ3n) is 3.52. The summed E-state index contributed by atoms with van der Waals surface area (Å²) in [7, 11) is -3.78. The Morgan fingerprint density at radius 3 is 2.50 bits per heavy atom. The Labute approximate surface area is 135 Å². The smallest absolute Gasteiger partial charge is 0.211 e. The molecule has 1 aromatic carbocycles. The van der Waals surface area contributed by atoms with E-state index < -0.39 is 15.8 Å². The van der Waals surface area contributed by atoms with Gasteiger partial charge in [-0.3, -0.25) is 0 Å². The van der Waals surface area contributed by atoms with Crippen LogP contribution in [0.15, 0.2) is 27.6 Å². The average molecular weight is 429 g/mol. The summed E-state index contributed by atoms with van der Waals surface area (Å²) in [4.78, 5) is 0.245. The maximum atomic E-state index is 13.7. The van der Waals surface area contributed by atoms with Crippen LogP contribution < -0.4 is 4.72 Å². The molecular formula is C13H16Br2FNO2S. The summed E-state index contributed by atoms with van der Waals surface area (Å²) in [6.07, 6.45) is 4.08. The lowest BCUT2D eigenvalue weighted by atomic mass is 9.89. The van der Waals surface area contributed by atoms with Gasteiger partial charge in [-0.05, 0) is 49.8 Å². The van der Waals surface area contributed by atoms with Crippen molar-refractivity contribution >= 4 is 41.9 Å². The van der Waals surface area contributed by atoms with Gasteiger partial charge >= 0.3 is 0 Å². The number of hydrogen-bond donors (Lipinski definition) is 1. The number of alkyl halides is 1. The fourth-order valence-electron chi connectivity index (χ4n) is 2.32. The lowest BCUT2D eigenvalue weighted by molar-refractivity contribution is 0.366. The molecular weight excluding hydrogens is 413 g/mol. The summed E-state index contributed by atoms with van der Waals surface area (Å²) < 4.78 is 40.9. The lowest BCUT2D eigenvalue weighted by Crippen LogP contribution is -2.31. The number of rotatable bonds is 4. The van der Waals surface area contributed by atoms with Crippen LogP contribution in [0.3, 0.4) is 0 Å². The van der Waals surface area contributed by atoms with Crippen LogP contribution in [-0.2, 0) is 10.0 Å². The first kappa shape index (κ1) is 16.4. The Bertz CT molecular complexity index is 572. The van der Waals surface area contributed by atoms with Crippen molar-refractivity contribution in [3.63, 3.8) is 0 Å². The number of hydrogen-bond acceptors (Lipinski definition) is 2. The quantitative estimate of drug-likeness (QED) is 0.741. The molecule has 0 bridgehead atoms. The SMILES string of the molecule is O=S(=O)(NCC1CCC(Br)CC1)c1ccc(Br)cc1F. The van der Waals surface area contributed by atoms with Crippen molar-refractivity contribution in [3.05, 3.63) is 28.5 Å². The van der Waals surface area contributed by atoms with Crippen LogP contribution in [0.1, 0.15) is 25.7 Å². The molecule has 1 fully saturated rings. The van der Waals surface area contributed by atoms with E-state index in [4.69, 9.17) is 0 Å². The number of halogens is 3. The van der Waals surface area contributed by atoms with Crippen molar-refractivity contribution in [1.29, 1.82) is 0 Å². The molecule has 7 heteroatoms. The zero-order valence-corrected chi connectivity index (χ0v) is 14.8. The molecule has 20 heavy (non-hydrogen) atoms. The highest BCUT2D eigenvalue weighted by Gasteiger charge is 2.23. The summed E-state index contributed by atoms with van der Waals surface area (Å²) >= 11 is 6.68. The monoisotopic (exact) mass is 427 g/mol. The third-order valence-corrected chi connectivity index (χ3v) is 6.39. The van der Waals surface area contributed by atoms with E-state index in [1.165, 1.54) is 12.1 Å². The molecule has 1 aliphatic carbocycles. The predicted molar refractivity (Wildman–Crippen MR) is 84.0 cm³/mol. The standard InChI is InChI=1S/C13H16Br2FNO2S/c14-10-3-1-9(2-4-10)8-17-20(18,19)13-6-5-11(15)7-12(13)16/h5-7,9-10,17H,1-4,8H2. The summed E-state index contributed by atoms with van der Waals surface area (Å²) in [6.45, 7) is 0.373. The summed E-state index contributed by atoms with van der Waals surface area (Å²) in [5, 5.41) is 0. The van der Waals surface area contributed by atoms with E-state index in [2.05, 4.69) is 36.6 Å². The first-order chi connectivity index (χ1) is 9.38. The molecule has 1 aromatic rings. The number of benzene rings is 1.